The molecule has 0 aromatic heterocycles. The van der Waals surface area contributed by atoms with E-state index in [1.807, 2.05) is 6.92 Å². The summed E-state index contributed by atoms with van der Waals surface area (Å²) in [4.78, 5) is 24.7. The van der Waals surface area contributed by atoms with Crippen LogP contribution in [-0.2, 0) is 4.79 Å². The number of hydrogen-bond donors (Lipinski definition) is 3. The van der Waals surface area contributed by atoms with Crippen LogP contribution in [0.1, 0.15) is 49.9 Å². The number of carbonyl (C=O) groups excluding carboxylic acids is 2. The molecule has 1 saturated heterocycles. The Morgan fingerprint density at radius 2 is 2.15 bits per heavy atom. The van der Waals surface area contributed by atoms with Crippen molar-refractivity contribution in [2.24, 2.45) is 11.8 Å². The molecule has 2 unspecified atom stereocenters. The third kappa shape index (κ3) is 6.78. The minimum atomic E-state index is -0.196. The van der Waals surface area contributed by atoms with Crippen LogP contribution in [0.15, 0.2) is 18.2 Å². The predicted molar refractivity (Wildman–Crippen MR) is 109 cm³/mol. The Labute approximate surface area is 167 Å². The molecule has 0 radical (unpaired) electrons. The van der Waals surface area contributed by atoms with E-state index >= 15 is 0 Å². The van der Waals surface area contributed by atoms with Crippen LogP contribution in [-0.4, -0.2) is 31.4 Å². The first-order chi connectivity index (χ1) is 12.0. The van der Waals surface area contributed by atoms with E-state index < -0.39 is 0 Å². The lowest BCUT2D eigenvalue weighted by atomic mass is 9.85. The molecule has 1 aromatic carbocycles. The van der Waals surface area contributed by atoms with Crippen molar-refractivity contribution in [3.8, 4) is 0 Å². The third-order valence-corrected chi connectivity index (χ3v) is 4.92. The first kappa shape index (κ1) is 22.7. The highest BCUT2D eigenvalue weighted by molar-refractivity contribution is 6.31. The molecule has 0 bridgehead atoms. The van der Waals surface area contributed by atoms with Gasteiger partial charge >= 0.3 is 0 Å². The van der Waals surface area contributed by atoms with Gasteiger partial charge in [0.15, 0.2) is 0 Å². The highest BCUT2D eigenvalue weighted by atomic mass is 35.5. The summed E-state index contributed by atoms with van der Waals surface area (Å²) in [6.45, 7) is 6.74. The fourth-order valence-electron chi connectivity index (χ4n) is 3.18. The molecule has 1 aliphatic rings. The minimum absolute atomic E-state index is 0. The number of carbonyl (C=O) groups is 2. The summed E-state index contributed by atoms with van der Waals surface area (Å²) >= 11 is 6.05. The van der Waals surface area contributed by atoms with Gasteiger partial charge in [0.2, 0.25) is 5.91 Å². The summed E-state index contributed by atoms with van der Waals surface area (Å²) in [6, 6.07) is 4.94. The minimum Gasteiger partial charge on any atom is -0.352 e. The first-order valence-corrected chi connectivity index (χ1v) is 9.47. The average molecular weight is 402 g/mol. The van der Waals surface area contributed by atoms with Gasteiger partial charge in [-0.15, -0.1) is 12.4 Å². The van der Waals surface area contributed by atoms with E-state index in [0.717, 1.165) is 32.4 Å². The molecule has 0 saturated carbocycles. The van der Waals surface area contributed by atoms with Gasteiger partial charge in [0.05, 0.1) is 11.3 Å². The molecule has 3 N–H and O–H groups in total. The third-order valence-electron chi connectivity index (χ3n) is 4.68. The molecule has 7 heteroatoms. The second-order valence-corrected chi connectivity index (χ2v) is 7.22. The Bertz CT molecular complexity index is 604. The number of amides is 2. The second-order valence-electron chi connectivity index (χ2n) is 6.78. The highest BCUT2D eigenvalue weighted by Gasteiger charge is 2.23. The Morgan fingerprint density at radius 3 is 2.81 bits per heavy atom. The second kappa shape index (κ2) is 11.4. The molecule has 1 fully saturated rings. The summed E-state index contributed by atoms with van der Waals surface area (Å²) in [7, 11) is 0. The SMILES string of the molecule is CCCNC(=O)c1ccc(Cl)cc1NC(=O)CC(C)C1CCCNC1.Cl. The molecule has 2 amide bonds. The van der Waals surface area contributed by atoms with Crippen LogP contribution in [0, 0.1) is 11.8 Å². The number of halogens is 2. The van der Waals surface area contributed by atoms with Crippen molar-refractivity contribution in [3.63, 3.8) is 0 Å². The summed E-state index contributed by atoms with van der Waals surface area (Å²) in [6.07, 6.45) is 3.61. The van der Waals surface area contributed by atoms with Crippen molar-refractivity contribution in [2.75, 3.05) is 25.0 Å². The van der Waals surface area contributed by atoms with E-state index in [0.29, 0.717) is 41.1 Å². The largest absolute Gasteiger partial charge is 0.352 e. The van der Waals surface area contributed by atoms with Gasteiger partial charge in [-0.1, -0.05) is 25.4 Å². The smallest absolute Gasteiger partial charge is 0.253 e. The van der Waals surface area contributed by atoms with Crippen LogP contribution < -0.4 is 16.0 Å². The van der Waals surface area contributed by atoms with Gasteiger partial charge in [0.1, 0.15) is 0 Å². The quantitative estimate of drug-likeness (QED) is 0.649. The monoisotopic (exact) mass is 401 g/mol. The van der Waals surface area contributed by atoms with Gasteiger partial charge in [-0.05, 0) is 62.4 Å². The first-order valence-electron chi connectivity index (χ1n) is 9.09. The van der Waals surface area contributed by atoms with Crippen molar-refractivity contribution < 1.29 is 9.59 Å². The van der Waals surface area contributed by atoms with Crippen molar-refractivity contribution >= 4 is 41.5 Å². The van der Waals surface area contributed by atoms with Crippen LogP contribution in [0.2, 0.25) is 5.02 Å². The summed E-state index contributed by atoms with van der Waals surface area (Å²) in [5.41, 5.74) is 0.915. The van der Waals surface area contributed by atoms with E-state index in [4.69, 9.17) is 11.6 Å². The Hall–Kier alpha value is -1.30. The van der Waals surface area contributed by atoms with Crippen molar-refractivity contribution in [1.82, 2.24) is 10.6 Å². The number of hydrogen-bond acceptors (Lipinski definition) is 3. The van der Waals surface area contributed by atoms with Crippen LogP contribution in [0.5, 0.6) is 0 Å². The van der Waals surface area contributed by atoms with Crippen LogP contribution in [0.25, 0.3) is 0 Å². The number of nitrogens with one attached hydrogen (secondary N) is 3. The maximum atomic E-state index is 12.5. The highest BCUT2D eigenvalue weighted by Crippen LogP contribution is 2.25. The topological polar surface area (TPSA) is 70.2 Å². The summed E-state index contributed by atoms with van der Waals surface area (Å²) in [5.74, 6) is 0.541. The molecule has 26 heavy (non-hydrogen) atoms. The molecule has 0 aliphatic carbocycles. The predicted octanol–water partition coefficient (Wildman–Crippen LogP) is 3.87. The molecule has 5 nitrogen and oxygen atoms in total. The lowest BCUT2D eigenvalue weighted by Crippen LogP contribution is -2.34. The van der Waals surface area contributed by atoms with E-state index in [9.17, 15) is 9.59 Å². The fraction of sp³-hybridized carbons (Fsp3) is 0.579. The van der Waals surface area contributed by atoms with E-state index in [1.54, 1.807) is 18.2 Å². The molecule has 1 heterocycles. The van der Waals surface area contributed by atoms with Crippen molar-refractivity contribution in [2.45, 2.75) is 39.5 Å². The molecule has 1 aromatic rings. The number of anilines is 1. The van der Waals surface area contributed by atoms with Gasteiger partial charge in [0, 0.05) is 18.0 Å². The van der Waals surface area contributed by atoms with Crippen LogP contribution in [0.3, 0.4) is 0 Å². The van der Waals surface area contributed by atoms with Gasteiger partial charge in [-0.2, -0.15) is 0 Å². The lowest BCUT2D eigenvalue weighted by molar-refractivity contribution is -0.117. The van der Waals surface area contributed by atoms with E-state index in [-0.39, 0.29) is 24.2 Å². The zero-order valence-corrected chi connectivity index (χ0v) is 17.0. The maximum absolute atomic E-state index is 12.5. The fourth-order valence-corrected chi connectivity index (χ4v) is 3.35. The van der Waals surface area contributed by atoms with Gasteiger partial charge in [-0.25, -0.2) is 0 Å². The molecule has 1 aliphatic heterocycles. The summed E-state index contributed by atoms with van der Waals surface area (Å²) < 4.78 is 0. The molecule has 2 atom stereocenters. The van der Waals surface area contributed by atoms with Crippen LogP contribution in [0.4, 0.5) is 5.69 Å². The number of rotatable bonds is 7. The average Bonchev–Trinajstić information content (AvgIpc) is 2.60. The van der Waals surface area contributed by atoms with Gasteiger partial charge in [-0.3, -0.25) is 9.59 Å². The molecule has 2 rings (SSSR count). The van der Waals surface area contributed by atoms with Crippen molar-refractivity contribution in [1.29, 1.82) is 0 Å². The normalized spacial score (nSPS) is 17.7. The lowest BCUT2D eigenvalue weighted by Gasteiger charge is -2.28. The van der Waals surface area contributed by atoms with Crippen molar-refractivity contribution in [3.05, 3.63) is 28.8 Å². The summed E-state index contributed by atoms with van der Waals surface area (Å²) in [5, 5.41) is 9.59. The standard InChI is InChI=1S/C19H28ClN3O2.ClH/c1-3-8-22-19(25)16-7-6-15(20)11-17(16)23-18(24)10-13(2)14-5-4-9-21-12-14;/h6-7,11,13-14,21H,3-5,8-10,12H2,1-2H3,(H,22,25)(H,23,24);1H. The van der Waals surface area contributed by atoms with E-state index in [1.165, 1.54) is 0 Å². The Kier molecular flexibility index (Phi) is 9.99. The molecular weight excluding hydrogens is 373 g/mol. The molecular formula is C19H29Cl2N3O2. The van der Waals surface area contributed by atoms with Gasteiger partial charge < -0.3 is 16.0 Å². The van der Waals surface area contributed by atoms with Crippen LogP contribution >= 0.6 is 24.0 Å². The Morgan fingerprint density at radius 1 is 1.38 bits per heavy atom. The molecule has 0 spiro atoms. The zero-order valence-electron chi connectivity index (χ0n) is 15.4. The zero-order chi connectivity index (χ0) is 18.2. The van der Waals surface area contributed by atoms with Gasteiger partial charge in [0.25, 0.3) is 5.91 Å². The maximum Gasteiger partial charge on any atom is 0.253 e. The Balaban J connectivity index is 0.00000338. The van der Waals surface area contributed by atoms with E-state index in [2.05, 4.69) is 22.9 Å². The molecule has 146 valence electrons. The number of benzene rings is 1. The number of piperidine rings is 1.